The summed E-state index contributed by atoms with van der Waals surface area (Å²) in [4.78, 5) is 18.1. The van der Waals surface area contributed by atoms with Crippen LogP contribution in [0.1, 0.15) is 60.0 Å². The molecule has 1 N–H and O–H groups in total. The summed E-state index contributed by atoms with van der Waals surface area (Å²) in [7, 11) is 6.53. The van der Waals surface area contributed by atoms with Crippen LogP contribution in [0.2, 0.25) is 0 Å². The van der Waals surface area contributed by atoms with Gasteiger partial charge >= 0.3 is 0 Å². The Bertz CT molecular complexity index is 1100. The molecule has 2 heterocycles. The lowest BCUT2D eigenvalue weighted by atomic mass is 10.0. The van der Waals surface area contributed by atoms with Crippen LogP contribution in [0.3, 0.4) is 0 Å². The first kappa shape index (κ1) is 22.4. The van der Waals surface area contributed by atoms with Crippen LogP contribution in [0.15, 0.2) is 18.2 Å². The Morgan fingerprint density at radius 1 is 1.03 bits per heavy atom. The molecule has 3 rings (SSSR count). The number of carbonyl (C=O) groups excluding carboxylic acids is 1. The van der Waals surface area contributed by atoms with E-state index in [2.05, 4.69) is 24.3 Å². The van der Waals surface area contributed by atoms with Crippen molar-refractivity contribution < 1.29 is 19.0 Å². The van der Waals surface area contributed by atoms with Crippen molar-refractivity contribution in [1.82, 2.24) is 20.1 Å². The number of aryl methyl sites for hydroxylation is 2. The molecule has 2 aromatic heterocycles. The number of amides is 1. The summed E-state index contributed by atoms with van der Waals surface area (Å²) < 4.78 is 18.0. The summed E-state index contributed by atoms with van der Waals surface area (Å²) in [5, 5.41) is 8.32. The summed E-state index contributed by atoms with van der Waals surface area (Å²) in [6.07, 6.45) is 0. The summed E-state index contributed by atoms with van der Waals surface area (Å²) in [5.41, 5.74) is 3.72. The Morgan fingerprint density at radius 2 is 1.65 bits per heavy atom. The number of pyridine rings is 1. The van der Waals surface area contributed by atoms with Gasteiger partial charge in [-0.2, -0.15) is 5.10 Å². The number of nitrogens with one attached hydrogen (secondary N) is 1. The van der Waals surface area contributed by atoms with Crippen LogP contribution in [0.4, 0.5) is 0 Å². The second-order valence-corrected chi connectivity index (χ2v) is 7.81. The summed E-state index contributed by atoms with van der Waals surface area (Å²) >= 11 is 0. The Hall–Kier alpha value is -3.29. The lowest BCUT2D eigenvalue weighted by Gasteiger charge is -2.19. The van der Waals surface area contributed by atoms with Gasteiger partial charge in [-0.05, 0) is 43.5 Å². The fourth-order valence-electron chi connectivity index (χ4n) is 3.65. The van der Waals surface area contributed by atoms with Gasteiger partial charge in [0.15, 0.2) is 17.1 Å². The Labute approximate surface area is 182 Å². The molecule has 0 unspecified atom stereocenters. The van der Waals surface area contributed by atoms with Crippen LogP contribution in [0.25, 0.3) is 11.0 Å². The first-order valence-electron chi connectivity index (χ1n) is 10.2. The zero-order valence-electron chi connectivity index (χ0n) is 19.4. The lowest BCUT2D eigenvalue weighted by molar-refractivity contribution is 0.0941. The van der Waals surface area contributed by atoms with E-state index in [4.69, 9.17) is 19.2 Å². The second kappa shape index (κ2) is 8.83. The molecule has 0 fully saturated rings. The average Bonchev–Trinajstić information content (AvgIpc) is 3.05. The van der Waals surface area contributed by atoms with Gasteiger partial charge in [-0.15, -0.1) is 0 Å². The number of benzene rings is 1. The van der Waals surface area contributed by atoms with Crippen molar-refractivity contribution in [2.24, 2.45) is 7.05 Å². The number of aromatic nitrogens is 3. The van der Waals surface area contributed by atoms with E-state index in [1.165, 1.54) is 0 Å². The first-order valence-corrected chi connectivity index (χ1v) is 10.2. The van der Waals surface area contributed by atoms with Crippen LogP contribution in [-0.2, 0) is 7.05 Å². The molecule has 1 atom stereocenters. The molecule has 1 aromatic carbocycles. The molecule has 3 aromatic rings. The van der Waals surface area contributed by atoms with Crippen molar-refractivity contribution >= 4 is 16.9 Å². The lowest BCUT2D eigenvalue weighted by Crippen LogP contribution is -2.27. The van der Waals surface area contributed by atoms with E-state index in [-0.39, 0.29) is 17.9 Å². The number of ether oxygens (including phenoxy) is 3. The van der Waals surface area contributed by atoms with Crippen LogP contribution in [0.5, 0.6) is 17.2 Å². The summed E-state index contributed by atoms with van der Waals surface area (Å²) in [6, 6.07) is 5.23. The number of hydrogen-bond acceptors (Lipinski definition) is 6. The molecule has 166 valence electrons. The zero-order valence-corrected chi connectivity index (χ0v) is 19.4. The van der Waals surface area contributed by atoms with Gasteiger partial charge in [0, 0.05) is 12.7 Å². The monoisotopic (exact) mass is 426 g/mol. The van der Waals surface area contributed by atoms with Gasteiger partial charge < -0.3 is 19.5 Å². The third-order valence-electron chi connectivity index (χ3n) is 5.36. The van der Waals surface area contributed by atoms with Crippen molar-refractivity contribution in [3.8, 4) is 17.2 Å². The molecule has 0 aliphatic heterocycles. The summed E-state index contributed by atoms with van der Waals surface area (Å²) in [5.74, 6) is 1.57. The predicted molar refractivity (Wildman–Crippen MR) is 119 cm³/mol. The number of fused-ring (bicyclic) bond motifs is 1. The van der Waals surface area contributed by atoms with Gasteiger partial charge in [-0.1, -0.05) is 13.8 Å². The normalized spacial score (nSPS) is 12.2. The topological polar surface area (TPSA) is 87.5 Å². The molecule has 0 bridgehead atoms. The highest BCUT2D eigenvalue weighted by molar-refractivity contribution is 6.06. The third-order valence-corrected chi connectivity index (χ3v) is 5.36. The van der Waals surface area contributed by atoms with Gasteiger partial charge in [-0.25, -0.2) is 4.98 Å². The summed E-state index contributed by atoms with van der Waals surface area (Å²) in [6.45, 7) is 7.91. The van der Waals surface area contributed by atoms with Crippen molar-refractivity contribution in [1.29, 1.82) is 0 Å². The molecular weight excluding hydrogens is 396 g/mol. The molecule has 0 aliphatic rings. The fraction of sp³-hybridized carbons (Fsp3) is 0.435. The van der Waals surface area contributed by atoms with E-state index < -0.39 is 0 Å². The Morgan fingerprint density at radius 3 is 2.16 bits per heavy atom. The molecule has 0 spiro atoms. The van der Waals surface area contributed by atoms with E-state index in [1.54, 1.807) is 26.0 Å². The minimum atomic E-state index is -0.302. The molecular formula is C23H30N4O4. The molecule has 0 saturated carbocycles. The van der Waals surface area contributed by atoms with Gasteiger partial charge in [0.2, 0.25) is 5.75 Å². The van der Waals surface area contributed by atoms with E-state index in [0.717, 1.165) is 22.3 Å². The number of hydrogen-bond donors (Lipinski definition) is 1. The fourth-order valence-corrected chi connectivity index (χ4v) is 3.65. The standard InChI is InChI=1S/C23H30N4O4/c1-12(2)17-11-16(20-14(4)26-27(5)22(20)25-17)23(28)24-13(3)15-9-18(29-6)21(31-8)19(10-15)30-7/h9-13H,1-8H3,(H,24,28)/t13-/m0/s1. The number of rotatable bonds is 7. The highest BCUT2D eigenvalue weighted by atomic mass is 16.5. The van der Waals surface area contributed by atoms with Gasteiger partial charge in [0.25, 0.3) is 5.91 Å². The van der Waals surface area contributed by atoms with Crippen molar-refractivity contribution in [3.63, 3.8) is 0 Å². The molecule has 8 nitrogen and oxygen atoms in total. The maximum Gasteiger partial charge on any atom is 0.252 e. The smallest absolute Gasteiger partial charge is 0.252 e. The minimum Gasteiger partial charge on any atom is -0.493 e. The maximum absolute atomic E-state index is 13.3. The Kier molecular flexibility index (Phi) is 6.38. The largest absolute Gasteiger partial charge is 0.493 e. The SMILES string of the molecule is COc1cc([C@H](C)NC(=O)c2cc(C(C)C)nc3c2c(C)nn3C)cc(OC)c1OC. The average molecular weight is 427 g/mol. The Balaban J connectivity index is 2.01. The van der Waals surface area contributed by atoms with Crippen molar-refractivity contribution in [2.75, 3.05) is 21.3 Å². The molecule has 0 radical (unpaired) electrons. The minimum absolute atomic E-state index is 0.179. The molecule has 8 heteroatoms. The van der Waals surface area contributed by atoms with Crippen LogP contribution in [-0.4, -0.2) is 42.0 Å². The molecule has 31 heavy (non-hydrogen) atoms. The van der Waals surface area contributed by atoms with Gasteiger partial charge in [-0.3, -0.25) is 9.48 Å². The third kappa shape index (κ3) is 4.15. The van der Waals surface area contributed by atoms with Gasteiger partial charge in [0.05, 0.1) is 44.0 Å². The van der Waals surface area contributed by atoms with Gasteiger partial charge in [0.1, 0.15) is 0 Å². The number of carbonyl (C=O) groups is 1. The van der Waals surface area contributed by atoms with Crippen LogP contribution < -0.4 is 19.5 Å². The van der Waals surface area contributed by atoms with Crippen LogP contribution >= 0.6 is 0 Å². The molecule has 0 saturated heterocycles. The predicted octanol–water partition coefficient (Wildman–Crippen LogP) is 3.92. The van der Waals surface area contributed by atoms with Crippen molar-refractivity contribution in [2.45, 2.75) is 39.7 Å². The number of nitrogens with zero attached hydrogens (tertiary/aromatic N) is 3. The van der Waals surface area contributed by atoms with Crippen LogP contribution in [0, 0.1) is 6.92 Å². The number of methoxy groups -OCH3 is 3. The van der Waals surface area contributed by atoms with E-state index in [1.807, 2.05) is 39.1 Å². The highest BCUT2D eigenvalue weighted by Crippen LogP contribution is 2.39. The molecule has 1 amide bonds. The van der Waals surface area contributed by atoms with E-state index >= 15 is 0 Å². The maximum atomic E-state index is 13.3. The zero-order chi connectivity index (χ0) is 22.9. The second-order valence-electron chi connectivity index (χ2n) is 7.81. The van der Waals surface area contributed by atoms with E-state index in [9.17, 15) is 4.79 Å². The van der Waals surface area contributed by atoms with E-state index in [0.29, 0.717) is 28.5 Å². The highest BCUT2D eigenvalue weighted by Gasteiger charge is 2.22. The molecule has 0 aliphatic carbocycles. The first-order chi connectivity index (χ1) is 14.7. The quantitative estimate of drug-likeness (QED) is 0.616. The van der Waals surface area contributed by atoms with Crippen molar-refractivity contribution in [3.05, 3.63) is 40.7 Å².